The first-order valence-corrected chi connectivity index (χ1v) is 8.71. The fraction of sp³-hybridized carbons (Fsp3) is 0.444. The molecule has 4 rings (SSSR count). The summed E-state index contributed by atoms with van der Waals surface area (Å²) in [4.78, 5) is 27.6. The van der Waals surface area contributed by atoms with Gasteiger partial charge in [0.15, 0.2) is 0 Å². The van der Waals surface area contributed by atoms with Crippen molar-refractivity contribution in [1.29, 1.82) is 0 Å². The molecule has 4 heterocycles. The maximum absolute atomic E-state index is 12.1. The van der Waals surface area contributed by atoms with Crippen molar-refractivity contribution >= 4 is 17.5 Å². The Morgan fingerprint density at radius 1 is 1.36 bits per heavy atom. The molecule has 0 spiro atoms. The molecule has 130 valence electrons. The number of fused-ring (bicyclic) bond motifs is 1. The van der Waals surface area contributed by atoms with Crippen LogP contribution < -0.4 is 16.0 Å². The van der Waals surface area contributed by atoms with E-state index in [4.69, 9.17) is 5.73 Å². The van der Waals surface area contributed by atoms with Crippen molar-refractivity contribution in [2.24, 2.45) is 5.92 Å². The Morgan fingerprint density at radius 3 is 3.04 bits per heavy atom. The summed E-state index contributed by atoms with van der Waals surface area (Å²) in [5.41, 5.74) is 8.40. The Kier molecular flexibility index (Phi) is 3.99. The molecular weight excluding hydrogens is 316 g/mol. The molecule has 0 bridgehead atoms. The second kappa shape index (κ2) is 6.31. The number of hydrogen-bond donors (Lipinski definition) is 2. The van der Waals surface area contributed by atoms with Gasteiger partial charge in [-0.05, 0) is 43.7 Å². The van der Waals surface area contributed by atoms with E-state index in [1.807, 2.05) is 25.3 Å². The van der Waals surface area contributed by atoms with E-state index in [2.05, 4.69) is 25.2 Å². The monoisotopic (exact) mass is 338 g/mol. The third kappa shape index (κ3) is 3.14. The van der Waals surface area contributed by atoms with Gasteiger partial charge in [0.2, 0.25) is 0 Å². The number of nitrogens with one attached hydrogen (secondary N) is 1. The van der Waals surface area contributed by atoms with Crippen LogP contribution in [0.5, 0.6) is 0 Å². The van der Waals surface area contributed by atoms with Gasteiger partial charge in [0.25, 0.3) is 5.91 Å². The van der Waals surface area contributed by atoms with Crippen LogP contribution in [0, 0.1) is 12.8 Å². The summed E-state index contributed by atoms with van der Waals surface area (Å²) < 4.78 is 0. The highest BCUT2D eigenvalue weighted by atomic mass is 16.1. The largest absolute Gasteiger partial charge is 0.384 e. The maximum Gasteiger partial charge on any atom is 0.270 e. The predicted molar refractivity (Wildman–Crippen MR) is 95.5 cm³/mol. The number of pyridine rings is 1. The zero-order valence-electron chi connectivity index (χ0n) is 14.3. The number of rotatable bonds is 3. The van der Waals surface area contributed by atoms with Gasteiger partial charge < -0.3 is 16.0 Å². The van der Waals surface area contributed by atoms with E-state index >= 15 is 0 Å². The number of aromatic nitrogens is 3. The minimum atomic E-state index is -0.0864. The Hall–Kier alpha value is -2.70. The smallest absolute Gasteiger partial charge is 0.270 e. The van der Waals surface area contributed by atoms with Gasteiger partial charge in [-0.1, -0.05) is 6.07 Å². The molecule has 0 aromatic carbocycles. The standard InChI is InChI=1S/C18H22N6O/c1-11-22-16-14(4-6-20-18(16)25)17(23-11)24-7-5-13(10-24)8-12-2-3-15(19)21-9-12/h2-3,9,13H,4-8,10H2,1H3,(H2,19,21)(H,20,25). The third-order valence-corrected chi connectivity index (χ3v) is 4.93. The Labute approximate surface area is 146 Å². The Morgan fingerprint density at radius 2 is 2.24 bits per heavy atom. The molecule has 0 radical (unpaired) electrons. The molecule has 0 saturated carbocycles. The number of carbonyl (C=O) groups is 1. The number of nitrogens with zero attached hydrogens (tertiary/aromatic N) is 4. The SMILES string of the molecule is Cc1nc2c(c(N3CCC(Cc4ccc(N)nc4)C3)n1)CCNC2=O. The molecule has 1 atom stereocenters. The Balaban J connectivity index is 1.54. The van der Waals surface area contributed by atoms with Crippen molar-refractivity contribution in [3.8, 4) is 0 Å². The minimum absolute atomic E-state index is 0.0864. The average Bonchev–Trinajstić information content (AvgIpc) is 3.05. The molecule has 2 aromatic heterocycles. The quantitative estimate of drug-likeness (QED) is 0.870. The van der Waals surface area contributed by atoms with E-state index < -0.39 is 0 Å². The first-order chi connectivity index (χ1) is 12.1. The lowest BCUT2D eigenvalue weighted by atomic mass is 10.00. The van der Waals surface area contributed by atoms with Crippen LogP contribution in [0.1, 0.15) is 33.9 Å². The first-order valence-electron chi connectivity index (χ1n) is 8.71. The van der Waals surface area contributed by atoms with Gasteiger partial charge in [0, 0.05) is 31.4 Å². The molecule has 2 aliphatic heterocycles. The molecule has 1 amide bonds. The molecule has 3 N–H and O–H groups in total. The van der Waals surface area contributed by atoms with Crippen molar-refractivity contribution in [2.75, 3.05) is 30.3 Å². The van der Waals surface area contributed by atoms with Crippen LogP contribution in [-0.2, 0) is 12.8 Å². The normalized spacial score (nSPS) is 19.6. The second-order valence-electron chi connectivity index (χ2n) is 6.82. The van der Waals surface area contributed by atoms with Crippen LogP contribution in [0.25, 0.3) is 0 Å². The molecule has 25 heavy (non-hydrogen) atoms. The summed E-state index contributed by atoms with van der Waals surface area (Å²) in [6.07, 6.45) is 4.74. The van der Waals surface area contributed by atoms with Crippen LogP contribution in [0.2, 0.25) is 0 Å². The fourth-order valence-corrected chi connectivity index (χ4v) is 3.73. The molecule has 7 heteroatoms. The van der Waals surface area contributed by atoms with Crippen molar-refractivity contribution in [3.63, 3.8) is 0 Å². The summed E-state index contributed by atoms with van der Waals surface area (Å²) in [5, 5.41) is 2.86. The number of amides is 1. The first kappa shape index (κ1) is 15.8. The van der Waals surface area contributed by atoms with Gasteiger partial charge in [-0.25, -0.2) is 15.0 Å². The van der Waals surface area contributed by atoms with Crippen molar-refractivity contribution < 1.29 is 4.79 Å². The van der Waals surface area contributed by atoms with Crippen molar-refractivity contribution in [1.82, 2.24) is 20.3 Å². The summed E-state index contributed by atoms with van der Waals surface area (Å²) in [6, 6.07) is 3.90. The van der Waals surface area contributed by atoms with E-state index in [1.165, 1.54) is 5.56 Å². The lowest BCUT2D eigenvalue weighted by Gasteiger charge is -2.25. The maximum atomic E-state index is 12.1. The molecule has 1 fully saturated rings. The zero-order chi connectivity index (χ0) is 17.4. The summed E-state index contributed by atoms with van der Waals surface area (Å²) >= 11 is 0. The van der Waals surface area contributed by atoms with E-state index in [1.54, 1.807) is 0 Å². The second-order valence-corrected chi connectivity index (χ2v) is 6.82. The number of nitrogens with two attached hydrogens (primary N) is 1. The zero-order valence-corrected chi connectivity index (χ0v) is 14.3. The van der Waals surface area contributed by atoms with Crippen LogP contribution in [0.4, 0.5) is 11.6 Å². The average molecular weight is 338 g/mol. The summed E-state index contributed by atoms with van der Waals surface area (Å²) in [7, 11) is 0. The van der Waals surface area contributed by atoms with E-state index in [-0.39, 0.29) is 5.91 Å². The molecule has 0 aliphatic carbocycles. The molecular formula is C18H22N6O. The fourth-order valence-electron chi connectivity index (χ4n) is 3.73. The number of carbonyl (C=O) groups excluding carboxylic acids is 1. The van der Waals surface area contributed by atoms with Crippen LogP contribution in [-0.4, -0.2) is 40.5 Å². The topological polar surface area (TPSA) is 97.0 Å². The van der Waals surface area contributed by atoms with Gasteiger partial charge in [0.1, 0.15) is 23.2 Å². The van der Waals surface area contributed by atoms with Gasteiger partial charge in [-0.3, -0.25) is 4.79 Å². The Bertz CT molecular complexity index is 804. The van der Waals surface area contributed by atoms with E-state index in [0.717, 1.165) is 43.7 Å². The van der Waals surface area contributed by atoms with Crippen LogP contribution in [0.3, 0.4) is 0 Å². The highest BCUT2D eigenvalue weighted by Gasteiger charge is 2.30. The molecule has 1 unspecified atom stereocenters. The number of anilines is 2. The lowest BCUT2D eigenvalue weighted by Crippen LogP contribution is -2.35. The van der Waals surface area contributed by atoms with Crippen molar-refractivity contribution in [3.05, 3.63) is 41.0 Å². The highest BCUT2D eigenvalue weighted by Crippen LogP contribution is 2.30. The van der Waals surface area contributed by atoms with E-state index in [0.29, 0.717) is 29.8 Å². The predicted octanol–water partition coefficient (Wildman–Crippen LogP) is 1.12. The van der Waals surface area contributed by atoms with Crippen molar-refractivity contribution in [2.45, 2.75) is 26.2 Å². The summed E-state index contributed by atoms with van der Waals surface area (Å²) in [5.74, 6) is 2.61. The molecule has 2 aromatic rings. The third-order valence-electron chi connectivity index (χ3n) is 4.93. The molecule has 7 nitrogen and oxygen atoms in total. The van der Waals surface area contributed by atoms with Crippen LogP contribution >= 0.6 is 0 Å². The van der Waals surface area contributed by atoms with Gasteiger partial charge in [-0.2, -0.15) is 0 Å². The number of hydrogen-bond acceptors (Lipinski definition) is 6. The molecule has 2 aliphatic rings. The minimum Gasteiger partial charge on any atom is -0.384 e. The van der Waals surface area contributed by atoms with Crippen LogP contribution in [0.15, 0.2) is 18.3 Å². The van der Waals surface area contributed by atoms with E-state index in [9.17, 15) is 4.79 Å². The lowest BCUT2D eigenvalue weighted by molar-refractivity contribution is 0.0940. The van der Waals surface area contributed by atoms with Gasteiger partial charge in [-0.15, -0.1) is 0 Å². The highest BCUT2D eigenvalue weighted by molar-refractivity contribution is 5.96. The number of nitrogen functional groups attached to an aromatic ring is 1. The molecule has 1 saturated heterocycles. The summed E-state index contributed by atoms with van der Waals surface area (Å²) in [6.45, 7) is 4.39. The van der Waals surface area contributed by atoms with Gasteiger partial charge in [0.05, 0.1) is 0 Å². The number of aryl methyl sites for hydroxylation is 1. The van der Waals surface area contributed by atoms with Gasteiger partial charge >= 0.3 is 0 Å².